The van der Waals surface area contributed by atoms with Gasteiger partial charge in [-0.15, -0.1) is 0 Å². The number of benzene rings is 8. The number of amides is 4. The Balaban J connectivity index is 0.000000106. The first-order chi connectivity index (χ1) is 64.2. The first kappa shape index (κ1) is 82.4. The fourth-order valence-corrected chi connectivity index (χ4v) is 17.7. The van der Waals surface area contributed by atoms with Crippen molar-refractivity contribution < 1.29 is 45.5 Å². The van der Waals surface area contributed by atoms with E-state index in [2.05, 4.69) is 92.2 Å². The van der Waals surface area contributed by atoms with E-state index in [1.165, 1.54) is 28.3 Å². The van der Waals surface area contributed by atoms with Crippen LogP contribution in [0.2, 0.25) is 10.0 Å². The van der Waals surface area contributed by atoms with Crippen LogP contribution in [0.5, 0.6) is 0 Å². The van der Waals surface area contributed by atoms with Crippen LogP contribution in [0.1, 0.15) is 95.9 Å². The van der Waals surface area contributed by atoms with Gasteiger partial charge in [0.1, 0.15) is 68.6 Å². The lowest BCUT2D eigenvalue weighted by Crippen LogP contribution is -2.31. The van der Waals surface area contributed by atoms with Gasteiger partial charge in [-0.05, 0) is 179 Å². The Kier molecular flexibility index (Phi) is 20.4. The lowest BCUT2D eigenvalue weighted by molar-refractivity contribution is -0.121. The molecule has 4 amide bonds. The zero-order valence-corrected chi connectivity index (χ0v) is 70.9. The van der Waals surface area contributed by atoms with Crippen LogP contribution in [0.15, 0.2) is 275 Å². The van der Waals surface area contributed by atoms with Crippen LogP contribution in [0.3, 0.4) is 0 Å². The summed E-state index contributed by atoms with van der Waals surface area (Å²) >= 11 is 13.0. The van der Waals surface area contributed by atoms with Gasteiger partial charge in [-0.3, -0.25) is 47.4 Å². The number of nitrogens with zero attached hydrogens (tertiary/aromatic N) is 18. The molecule has 0 radical (unpaired) electrons. The molecule has 642 valence electrons. The number of anilines is 8. The highest BCUT2D eigenvalue weighted by Crippen LogP contribution is 2.61. The number of aromatic nitrogens is 14. The maximum Gasteiger partial charge on any atom is 0.260 e. The van der Waals surface area contributed by atoms with Crippen LogP contribution in [0, 0.1) is 82.3 Å². The largest absolute Gasteiger partial charge is 0.340 e. The van der Waals surface area contributed by atoms with Gasteiger partial charge in [0.2, 0.25) is 23.8 Å². The number of aryl methyl sites for hydroxylation is 1. The summed E-state index contributed by atoms with van der Waals surface area (Å²) in [6, 6.07) is 60.2. The summed E-state index contributed by atoms with van der Waals surface area (Å²) in [7, 11) is 1.87. The SMILES string of the molecule is Cn1cnc(-c2cnc3n2C2(CC2)C(=O)N3c2c(F)cc(C#Cc3ccccc3)cc2Cl)c1.O=C1N(c2c(F)cc(C#Cc3ccccc3)cc2Cl)c2ncc(-c3ccccn3)n2C12CC2.O=C1N(c2c(F)cc(C#Cc3ccccc3)cc2F)c2ncc(-c3ccccn3)n2C12CC2.O=C1N(c2c(F)cc(C#Cc3ccccc3)cc2F)c2ncc(-c3ccncn3)n2C12CC2. The monoisotopic (exact) mass is 1790 g/mol. The van der Waals surface area contributed by atoms with E-state index in [0.29, 0.717) is 109 Å². The molecule has 24 rings (SSSR count). The predicted molar refractivity (Wildman–Crippen MR) is 481 cm³/mol. The third kappa shape index (κ3) is 14.3. The number of hydrogen-bond donors (Lipinski definition) is 0. The minimum absolute atomic E-state index is 0.00452. The lowest BCUT2D eigenvalue weighted by Gasteiger charge is -2.18. The van der Waals surface area contributed by atoms with Crippen LogP contribution in [0.4, 0.5) is 72.9 Å². The van der Waals surface area contributed by atoms with Crippen LogP contribution < -0.4 is 19.6 Å². The van der Waals surface area contributed by atoms with Crippen molar-refractivity contribution in [1.82, 2.24) is 67.7 Å². The van der Waals surface area contributed by atoms with Crippen molar-refractivity contribution in [2.75, 3.05) is 19.6 Å². The van der Waals surface area contributed by atoms with Crippen molar-refractivity contribution in [3.05, 3.63) is 364 Å². The number of rotatable bonds is 8. The van der Waals surface area contributed by atoms with E-state index in [0.717, 1.165) is 67.7 Å². The zero-order chi connectivity index (χ0) is 90.5. The standard InChI is InChI=1S/C26H16ClFN4O.C26H16F2N4O.C25H17ClFN5O.C25H15F2N5O/c2*27-19-14-18(10-9-17-6-2-1-3-7-17)15-20(28)23(19)31-24(33)26(11-12-26)32-22(16-30-25(31)32)21-8-4-5-13-29-21;1-30-14-20(29-15-30)21-13-28-24-31(23(33)25(9-10-25)32(21)24)22-18(26)11-17(12-19(22)27)8-7-16-5-3-2-4-6-16;26-18-12-17(7-6-16-4-2-1-3-5-16)13-19(27)22(18)31-23(33)25(9-10-25)32-21(14-29-24(31)32)20-8-11-28-15-30-20/h2*1-8,13-16H,11-12H2;2-6,11-15H,9-10H2,1H3;1-5,8,11-15H,9-10H2. The Bertz CT molecular complexity index is 7080. The van der Waals surface area contributed by atoms with Gasteiger partial charge in [-0.25, -0.2) is 80.8 Å². The molecule has 0 N–H and O–H groups in total. The van der Waals surface area contributed by atoms with E-state index in [-0.39, 0.29) is 62.2 Å². The molecular weight excluding hydrogens is 1730 g/mol. The summed E-state index contributed by atoms with van der Waals surface area (Å²) in [6.45, 7) is 0. The van der Waals surface area contributed by atoms with E-state index in [9.17, 15) is 19.2 Å². The van der Waals surface area contributed by atoms with E-state index in [4.69, 9.17) is 23.2 Å². The highest BCUT2D eigenvalue weighted by atomic mass is 35.5. The van der Waals surface area contributed by atoms with Crippen LogP contribution in [-0.4, -0.2) is 91.3 Å². The highest BCUT2D eigenvalue weighted by Gasteiger charge is 2.66. The van der Waals surface area contributed by atoms with Gasteiger partial charge in [-0.1, -0.05) is 155 Å². The maximum atomic E-state index is 15.4. The fraction of sp³-hybridized carbons (Fsp3) is 0.127. The minimum atomic E-state index is -0.892. The summed E-state index contributed by atoms with van der Waals surface area (Å²) in [5.74, 6) is 18.3. The molecule has 4 saturated carbocycles. The quantitative estimate of drug-likeness (QED) is 0.102. The molecular formula is C102H64Cl2F6N18O4. The van der Waals surface area contributed by atoms with Crippen molar-refractivity contribution in [2.45, 2.75) is 73.5 Å². The van der Waals surface area contributed by atoms with Gasteiger partial charge in [0.05, 0.1) is 81.0 Å². The summed E-state index contributed by atoms with van der Waals surface area (Å²) in [5.41, 5.74) is 5.44. The second-order valence-corrected chi connectivity index (χ2v) is 33.2. The van der Waals surface area contributed by atoms with E-state index >= 15 is 26.3 Å². The predicted octanol–water partition coefficient (Wildman–Crippen LogP) is 18.9. The van der Waals surface area contributed by atoms with Gasteiger partial charge in [0.25, 0.3) is 23.6 Å². The Labute approximate surface area is 759 Å². The van der Waals surface area contributed by atoms with Crippen molar-refractivity contribution in [3.8, 4) is 92.9 Å². The molecule has 30 heteroatoms. The molecule has 4 spiro atoms. The third-order valence-corrected chi connectivity index (χ3v) is 24.5. The molecule has 0 bridgehead atoms. The second kappa shape index (κ2) is 32.6. The molecule has 4 fully saturated rings. The van der Waals surface area contributed by atoms with Crippen molar-refractivity contribution in [3.63, 3.8) is 0 Å². The molecule has 16 aromatic rings. The molecule has 132 heavy (non-hydrogen) atoms. The van der Waals surface area contributed by atoms with Gasteiger partial charge >= 0.3 is 0 Å². The number of fused-ring (bicyclic) bond motifs is 8. The maximum absolute atomic E-state index is 15.4. The average Bonchev–Trinajstić information content (AvgIpc) is 1.54. The normalized spacial score (nSPS) is 15.4. The molecule has 8 aromatic carbocycles. The van der Waals surface area contributed by atoms with Crippen molar-refractivity contribution in [2.24, 2.45) is 7.05 Å². The van der Waals surface area contributed by atoms with Gasteiger partial charge in [0.15, 0.2) is 23.3 Å². The topological polar surface area (TPSA) is 222 Å². The smallest absolute Gasteiger partial charge is 0.260 e. The molecule has 22 nitrogen and oxygen atoms in total. The molecule has 0 unspecified atom stereocenters. The molecule has 0 saturated heterocycles. The number of halogens is 8. The van der Waals surface area contributed by atoms with E-state index in [1.807, 2.05) is 166 Å². The number of pyridine rings is 2. The first-order valence-electron chi connectivity index (χ1n) is 41.8. The summed E-state index contributed by atoms with van der Waals surface area (Å²) in [6.07, 6.45) is 21.3. The number of imidazole rings is 5. The van der Waals surface area contributed by atoms with Crippen LogP contribution in [-0.2, 0) is 48.4 Å². The van der Waals surface area contributed by atoms with E-state index in [1.54, 1.807) is 95.2 Å². The Morgan fingerprint density at radius 2 is 0.568 bits per heavy atom. The van der Waals surface area contributed by atoms with Gasteiger partial charge in [0, 0.05) is 76.3 Å². The summed E-state index contributed by atoms with van der Waals surface area (Å²) < 4.78 is 101. The van der Waals surface area contributed by atoms with Crippen molar-refractivity contribution in [1.29, 1.82) is 0 Å². The molecule has 0 atom stereocenters. The number of hydrogen-bond acceptors (Lipinski definition) is 13. The Morgan fingerprint density at radius 3 is 0.833 bits per heavy atom. The van der Waals surface area contributed by atoms with E-state index < -0.39 is 74.3 Å². The fourth-order valence-electron chi connectivity index (χ4n) is 17.1. The molecule has 12 heterocycles. The first-order valence-corrected chi connectivity index (χ1v) is 42.5. The molecule has 4 aliphatic carbocycles. The van der Waals surface area contributed by atoms with Gasteiger partial charge < -0.3 is 4.57 Å². The third-order valence-electron chi connectivity index (χ3n) is 23.9. The summed E-state index contributed by atoms with van der Waals surface area (Å²) in [5, 5.41) is 0.208. The van der Waals surface area contributed by atoms with Crippen molar-refractivity contribution >= 4 is 93.4 Å². The zero-order valence-electron chi connectivity index (χ0n) is 69.3. The summed E-state index contributed by atoms with van der Waals surface area (Å²) in [4.78, 5) is 97.4. The number of carbonyl (C=O) groups is 4. The average molecular weight is 1790 g/mol. The minimum Gasteiger partial charge on any atom is -0.340 e. The molecule has 4 aliphatic heterocycles. The number of carbonyl (C=O) groups excluding carboxylic acids is 4. The Morgan fingerprint density at radius 1 is 0.295 bits per heavy atom. The highest BCUT2D eigenvalue weighted by molar-refractivity contribution is 6.35. The Hall–Kier alpha value is -16.5. The molecule has 8 aromatic heterocycles. The second-order valence-electron chi connectivity index (χ2n) is 32.4. The van der Waals surface area contributed by atoms with Gasteiger partial charge in [-0.2, -0.15) is 0 Å². The lowest BCUT2D eigenvalue weighted by atomic mass is 10.1. The molecule has 8 aliphatic rings. The van der Waals surface area contributed by atoms with Crippen LogP contribution >= 0.6 is 23.2 Å². The van der Waals surface area contributed by atoms with Crippen LogP contribution in [0.25, 0.3) is 45.6 Å².